The van der Waals surface area contributed by atoms with E-state index in [0.717, 1.165) is 49.9 Å². The third-order valence-corrected chi connectivity index (χ3v) is 6.70. The quantitative estimate of drug-likeness (QED) is 0.504. The number of rotatable bonds is 4. The number of carbonyl (C=O) groups is 3. The smallest absolute Gasteiger partial charge is 0.333 e. The molecule has 5 heteroatoms. The number of carbonyl (C=O) groups excluding carboxylic acids is 3. The van der Waals surface area contributed by atoms with Gasteiger partial charge in [0.2, 0.25) is 0 Å². The van der Waals surface area contributed by atoms with E-state index in [1.807, 2.05) is 0 Å². The number of ketones is 1. The summed E-state index contributed by atoms with van der Waals surface area (Å²) in [6.07, 6.45) is 9.87. The van der Waals surface area contributed by atoms with Crippen LogP contribution in [-0.2, 0) is 23.9 Å². The maximum Gasteiger partial charge on any atom is 0.333 e. The average Bonchev–Trinajstić information content (AvgIpc) is 2.60. The van der Waals surface area contributed by atoms with E-state index in [1.54, 1.807) is 13.8 Å². The van der Waals surface area contributed by atoms with Gasteiger partial charge in [-0.1, -0.05) is 13.2 Å². The number of Topliss-reactive ketones (excluding diaryl/α,β-unsaturated/α-hetero) is 1. The van der Waals surface area contributed by atoms with Crippen LogP contribution in [-0.4, -0.2) is 29.4 Å². The number of hydrogen-bond acceptors (Lipinski definition) is 5. The van der Waals surface area contributed by atoms with Gasteiger partial charge in [-0.05, 0) is 83.0 Å². The van der Waals surface area contributed by atoms with E-state index in [0.29, 0.717) is 24.0 Å². The lowest BCUT2D eigenvalue weighted by Crippen LogP contribution is -2.52. The fraction of sp³-hybridized carbons (Fsp3) is 0.708. The van der Waals surface area contributed by atoms with Gasteiger partial charge in [-0.25, -0.2) is 9.59 Å². The van der Waals surface area contributed by atoms with Crippen molar-refractivity contribution < 1.29 is 23.9 Å². The van der Waals surface area contributed by atoms with Crippen molar-refractivity contribution >= 4 is 17.7 Å². The van der Waals surface area contributed by atoms with Crippen molar-refractivity contribution in [2.24, 2.45) is 17.8 Å². The first kappa shape index (κ1) is 21.8. The normalized spacial score (nSPS) is 34.6. The van der Waals surface area contributed by atoms with E-state index in [1.165, 1.54) is 19.3 Å². The Balaban J connectivity index is 0.000000170. The molecule has 0 aliphatic heterocycles. The molecule has 0 aromatic rings. The van der Waals surface area contributed by atoms with Gasteiger partial charge in [-0.15, -0.1) is 0 Å². The van der Waals surface area contributed by atoms with Crippen LogP contribution < -0.4 is 0 Å². The minimum atomic E-state index is -0.389. The third-order valence-electron chi connectivity index (χ3n) is 6.70. The van der Waals surface area contributed by atoms with Crippen LogP contribution in [0.4, 0.5) is 0 Å². The molecule has 0 heterocycles. The van der Waals surface area contributed by atoms with E-state index >= 15 is 0 Å². The Bertz CT molecular complexity index is 669. The molecule has 1 unspecified atom stereocenters. The van der Waals surface area contributed by atoms with Crippen LogP contribution in [0.3, 0.4) is 0 Å². The average molecular weight is 403 g/mol. The zero-order chi connectivity index (χ0) is 21.2. The summed E-state index contributed by atoms with van der Waals surface area (Å²) in [7, 11) is 0. The van der Waals surface area contributed by atoms with Crippen molar-refractivity contribution in [2.75, 3.05) is 0 Å². The SMILES string of the molecule is C=C(C)C(=O)OC12CC3CC(CC(C3)C1)C2.C=C(C)C(=O)OC1CCCC(=O)C1. The molecule has 0 aromatic carbocycles. The zero-order valence-corrected chi connectivity index (χ0v) is 17.8. The van der Waals surface area contributed by atoms with Crippen molar-refractivity contribution in [3.63, 3.8) is 0 Å². The summed E-state index contributed by atoms with van der Waals surface area (Å²) in [5, 5.41) is 0. The molecular formula is C24H34O5. The highest BCUT2D eigenvalue weighted by Crippen LogP contribution is 2.57. The Morgan fingerprint density at radius 3 is 1.90 bits per heavy atom. The van der Waals surface area contributed by atoms with Gasteiger partial charge < -0.3 is 9.47 Å². The Kier molecular flexibility index (Phi) is 6.65. The Hall–Kier alpha value is -1.91. The lowest BCUT2D eigenvalue weighted by molar-refractivity contribution is -0.182. The lowest BCUT2D eigenvalue weighted by atomic mass is 9.54. The molecule has 5 saturated carbocycles. The highest BCUT2D eigenvalue weighted by molar-refractivity contribution is 5.88. The summed E-state index contributed by atoms with van der Waals surface area (Å²) >= 11 is 0. The molecule has 5 rings (SSSR count). The van der Waals surface area contributed by atoms with E-state index in [-0.39, 0.29) is 29.4 Å². The van der Waals surface area contributed by atoms with Gasteiger partial charge in [-0.3, -0.25) is 4.79 Å². The second-order valence-electron chi connectivity index (χ2n) is 9.71. The summed E-state index contributed by atoms with van der Waals surface area (Å²) < 4.78 is 10.8. The van der Waals surface area contributed by atoms with Crippen molar-refractivity contribution in [3.8, 4) is 0 Å². The molecule has 0 radical (unpaired) electrons. The van der Waals surface area contributed by atoms with Crippen LogP contribution in [0.2, 0.25) is 0 Å². The molecule has 5 fully saturated rings. The van der Waals surface area contributed by atoms with Crippen molar-refractivity contribution in [1.29, 1.82) is 0 Å². The lowest BCUT2D eigenvalue weighted by Gasteiger charge is -2.55. The molecule has 5 nitrogen and oxygen atoms in total. The zero-order valence-electron chi connectivity index (χ0n) is 17.8. The van der Waals surface area contributed by atoms with Crippen LogP contribution in [0.1, 0.15) is 78.1 Å². The predicted molar refractivity (Wildman–Crippen MR) is 110 cm³/mol. The highest BCUT2D eigenvalue weighted by atomic mass is 16.6. The summed E-state index contributed by atoms with van der Waals surface area (Å²) in [6, 6.07) is 0. The molecular weight excluding hydrogens is 368 g/mol. The van der Waals surface area contributed by atoms with E-state index < -0.39 is 0 Å². The first-order valence-electron chi connectivity index (χ1n) is 10.9. The second-order valence-corrected chi connectivity index (χ2v) is 9.71. The van der Waals surface area contributed by atoms with E-state index in [9.17, 15) is 14.4 Å². The first-order chi connectivity index (χ1) is 13.7. The summed E-state index contributed by atoms with van der Waals surface area (Å²) in [6.45, 7) is 10.5. The molecule has 5 aliphatic carbocycles. The maximum atomic E-state index is 11.7. The van der Waals surface area contributed by atoms with E-state index in [2.05, 4.69) is 13.2 Å². The third kappa shape index (κ3) is 5.58. The largest absolute Gasteiger partial charge is 0.459 e. The van der Waals surface area contributed by atoms with Crippen LogP contribution in [0.5, 0.6) is 0 Å². The Morgan fingerprint density at radius 1 is 0.931 bits per heavy atom. The van der Waals surface area contributed by atoms with Gasteiger partial charge in [0.25, 0.3) is 0 Å². The molecule has 0 spiro atoms. The van der Waals surface area contributed by atoms with Crippen molar-refractivity contribution in [2.45, 2.75) is 89.8 Å². The van der Waals surface area contributed by atoms with Crippen LogP contribution in [0.25, 0.3) is 0 Å². The molecule has 160 valence electrons. The monoisotopic (exact) mass is 402 g/mol. The van der Waals surface area contributed by atoms with Crippen molar-refractivity contribution in [1.82, 2.24) is 0 Å². The fourth-order valence-electron chi connectivity index (χ4n) is 5.78. The number of ether oxygens (including phenoxy) is 2. The Labute approximate surface area is 173 Å². The van der Waals surface area contributed by atoms with Gasteiger partial charge in [0.1, 0.15) is 17.5 Å². The van der Waals surface area contributed by atoms with Gasteiger partial charge in [0.15, 0.2) is 0 Å². The maximum absolute atomic E-state index is 11.7. The predicted octanol–water partition coefficient (Wildman–Crippen LogP) is 4.69. The van der Waals surface area contributed by atoms with Crippen LogP contribution in [0, 0.1) is 17.8 Å². The summed E-state index contributed by atoms with van der Waals surface area (Å²) in [4.78, 5) is 33.8. The fourth-order valence-corrected chi connectivity index (χ4v) is 5.78. The number of hydrogen-bond donors (Lipinski definition) is 0. The summed E-state index contributed by atoms with van der Waals surface area (Å²) in [5.41, 5.74) is 0.818. The molecule has 5 aliphatic rings. The van der Waals surface area contributed by atoms with Crippen LogP contribution >= 0.6 is 0 Å². The molecule has 29 heavy (non-hydrogen) atoms. The summed E-state index contributed by atoms with van der Waals surface area (Å²) in [5.74, 6) is 2.09. The van der Waals surface area contributed by atoms with Gasteiger partial charge in [0.05, 0.1) is 0 Å². The molecule has 0 N–H and O–H groups in total. The molecule has 0 saturated heterocycles. The Morgan fingerprint density at radius 2 is 1.45 bits per heavy atom. The molecule has 4 bridgehead atoms. The van der Waals surface area contributed by atoms with Crippen LogP contribution in [0.15, 0.2) is 24.3 Å². The molecule has 0 aromatic heterocycles. The van der Waals surface area contributed by atoms with Crippen molar-refractivity contribution in [3.05, 3.63) is 24.3 Å². The first-order valence-corrected chi connectivity index (χ1v) is 10.9. The second kappa shape index (κ2) is 8.85. The number of esters is 2. The topological polar surface area (TPSA) is 69.7 Å². The van der Waals surface area contributed by atoms with Gasteiger partial charge in [0, 0.05) is 24.0 Å². The molecule has 1 atom stereocenters. The van der Waals surface area contributed by atoms with Gasteiger partial charge in [-0.2, -0.15) is 0 Å². The van der Waals surface area contributed by atoms with Gasteiger partial charge >= 0.3 is 11.9 Å². The highest BCUT2D eigenvalue weighted by Gasteiger charge is 2.53. The minimum Gasteiger partial charge on any atom is -0.459 e. The molecule has 0 amide bonds. The standard InChI is InChI=1S/C14H20O2.C10H14O3/c1-9(2)13(15)16-14-6-10-3-11(7-14)5-12(4-10)8-14;1-7(2)10(12)13-9-5-3-4-8(11)6-9/h10-12H,1,3-8H2,2H3;9H,1,3-6H2,2H3. The minimum absolute atomic E-state index is 0.106. The van der Waals surface area contributed by atoms with E-state index in [4.69, 9.17) is 9.47 Å².